The minimum Gasteiger partial charge on any atom is -0.392 e. The topological polar surface area (TPSA) is 37.3 Å². The first kappa shape index (κ1) is 12.5. The van der Waals surface area contributed by atoms with E-state index in [1.165, 1.54) is 23.5 Å². The lowest BCUT2D eigenvalue weighted by atomic mass is 10.1. The third-order valence-electron chi connectivity index (χ3n) is 3.35. The summed E-state index contributed by atoms with van der Waals surface area (Å²) in [5.74, 6) is 2.52. The molecule has 1 aliphatic heterocycles. The minimum atomic E-state index is -0.0724. The van der Waals surface area contributed by atoms with Gasteiger partial charge >= 0.3 is 0 Å². The molecule has 1 aliphatic carbocycles. The molecule has 0 saturated carbocycles. The van der Waals surface area contributed by atoms with Crippen molar-refractivity contribution in [2.75, 3.05) is 18.1 Å². The molecule has 4 heteroatoms. The van der Waals surface area contributed by atoms with Crippen LogP contribution in [0.25, 0.3) is 0 Å². The summed E-state index contributed by atoms with van der Waals surface area (Å²) in [6.07, 6.45) is 3.78. The van der Waals surface area contributed by atoms with E-state index >= 15 is 0 Å². The second kappa shape index (κ2) is 5.15. The summed E-state index contributed by atoms with van der Waals surface area (Å²) in [5, 5.41) is 9.35. The predicted octanol–water partition coefficient (Wildman–Crippen LogP) is 2.61. The molecule has 1 heterocycles. The Labute approximate surface area is 105 Å². The van der Waals surface area contributed by atoms with Crippen LogP contribution in [0.4, 0.5) is 0 Å². The molecule has 0 bridgehead atoms. The van der Waals surface area contributed by atoms with Gasteiger partial charge in [0, 0.05) is 12.0 Å². The number of aliphatic hydroxyl groups excluding tert-OH is 1. The molecule has 0 radical (unpaired) electrons. The maximum Gasteiger partial charge on any atom is 0.161 e. The standard InChI is InChI=1S/C12H18O2S2/c1-2-12(15-6-3-7-16-12)10-4-5-11(14)9(10)8-13/h13H,2-8H2,1H3. The van der Waals surface area contributed by atoms with Crippen molar-refractivity contribution in [3.05, 3.63) is 11.1 Å². The molecule has 0 atom stereocenters. The summed E-state index contributed by atoms with van der Waals surface area (Å²) < 4.78 is 0.0858. The van der Waals surface area contributed by atoms with Crippen LogP contribution in [0.5, 0.6) is 0 Å². The smallest absolute Gasteiger partial charge is 0.161 e. The lowest BCUT2D eigenvalue weighted by molar-refractivity contribution is -0.115. The molecular weight excluding hydrogens is 240 g/mol. The largest absolute Gasteiger partial charge is 0.392 e. The average Bonchev–Trinajstić information content (AvgIpc) is 2.71. The highest BCUT2D eigenvalue weighted by Gasteiger charge is 2.40. The number of rotatable bonds is 3. The first-order chi connectivity index (χ1) is 7.73. The molecule has 0 aromatic rings. The van der Waals surface area contributed by atoms with Gasteiger partial charge in [0.1, 0.15) is 0 Å². The predicted molar refractivity (Wildman–Crippen MR) is 70.9 cm³/mol. The zero-order chi connectivity index (χ0) is 11.6. The van der Waals surface area contributed by atoms with Gasteiger partial charge in [-0.3, -0.25) is 4.79 Å². The molecule has 2 aliphatic rings. The Bertz CT molecular complexity index is 317. The molecule has 2 nitrogen and oxygen atoms in total. The van der Waals surface area contributed by atoms with Crippen LogP contribution < -0.4 is 0 Å². The third kappa shape index (κ3) is 2.07. The van der Waals surface area contributed by atoms with Crippen molar-refractivity contribution in [1.82, 2.24) is 0 Å². The Hall–Kier alpha value is 0.0700. The molecule has 1 saturated heterocycles. The maximum absolute atomic E-state index is 11.7. The van der Waals surface area contributed by atoms with Crippen molar-refractivity contribution < 1.29 is 9.90 Å². The number of Topliss-reactive ketones (excluding diaryl/α,β-unsaturated/α-hetero) is 1. The fourth-order valence-electron chi connectivity index (χ4n) is 2.48. The number of carbonyl (C=O) groups is 1. The van der Waals surface area contributed by atoms with E-state index < -0.39 is 0 Å². The van der Waals surface area contributed by atoms with Gasteiger partial charge in [-0.2, -0.15) is 0 Å². The number of hydrogen-bond acceptors (Lipinski definition) is 4. The van der Waals surface area contributed by atoms with Crippen LogP contribution in [0.1, 0.15) is 32.6 Å². The van der Waals surface area contributed by atoms with Crippen LogP contribution in [-0.4, -0.2) is 33.1 Å². The monoisotopic (exact) mass is 258 g/mol. The first-order valence-electron chi connectivity index (χ1n) is 5.88. The minimum absolute atomic E-state index is 0.0724. The molecule has 2 rings (SSSR count). The van der Waals surface area contributed by atoms with Crippen LogP contribution in [0, 0.1) is 0 Å². The lowest BCUT2D eigenvalue weighted by Crippen LogP contribution is -2.27. The molecule has 0 aromatic heterocycles. The van der Waals surface area contributed by atoms with Crippen LogP contribution in [0.3, 0.4) is 0 Å². The van der Waals surface area contributed by atoms with E-state index in [1.54, 1.807) is 0 Å². The lowest BCUT2D eigenvalue weighted by Gasteiger charge is -2.37. The van der Waals surface area contributed by atoms with E-state index in [-0.39, 0.29) is 16.5 Å². The summed E-state index contributed by atoms with van der Waals surface area (Å²) in [5.41, 5.74) is 1.95. The van der Waals surface area contributed by atoms with E-state index in [2.05, 4.69) is 6.92 Å². The molecular formula is C12H18O2S2. The van der Waals surface area contributed by atoms with Gasteiger partial charge in [-0.05, 0) is 36.3 Å². The van der Waals surface area contributed by atoms with Crippen molar-refractivity contribution in [3.8, 4) is 0 Å². The van der Waals surface area contributed by atoms with E-state index in [9.17, 15) is 9.90 Å². The number of thioether (sulfide) groups is 2. The van der Waals surface area contributed by atoms with E-state index in [0.717, 1.165) is 12.8 Å². The number of hydrogen-bond donors (Lipinski definition) is 1. The Morgan fingerprint density at radius 2 is 2.00 bits per heavy atom. The Morgan fingerprint density at radius 3 is 2.56 bits per heavy atom. The molecule has 0 aromatic carbocycles. The van der Waals surface area contributed by atoms with E-state index in [0.29, 0.717) is 12.0 Å². The zero-order valence-corrected chi connectivity index (χ0v) is 11.3. The quantitative estimate of drug-likeness (QED) is 0.844. The Kier molecular flexibility index (Phi) is 4.03. The van der Waals surface area contributed by atoms with Gasteiger partial charge in [0.15, 0.2) is 5.78 Å². The normalized spacial score (nSPS) is 25.2. The van der Waals surface area contributed by atoms with Gasteiger partial charge < -0.3 is 5.11 Å². The highest BCUT2D eigenvalue weighted by molar-refractivity contribution is 8.19. The van der Waals surface area contributed by atoms with Crippen molar-refractivity contribution in [2.45, 2.75) is 36.7 Å². The zero-order valence-electron chi connectivity index (χ0n) is 9.62. The van der Waals surface area contributed by atoms with Gasteiger partial charge in [0.2, 0.25) is 0 Å². The molecule has 0 spiro atoms. The van der Waals surface area contributed by atoms with Gasteiger partial charge in [0.25, 0.3) is 0 Å². The number of carbonyl (C=O) groups excluding carboxylic acids is 1. The van der Waals surface area contributed by atoms with Gasteiger partial charge in [-0.25, -0.2) is 0 Å². The first-order valence-corrected chi connectivity index (χ1v) is 7.85. The van der Waals surface area contributed by atoms with Crippen LogP contribution in [0.15, 0.2) is 11.1 Å². The molecule has 16 heavy (non-hydrogen) atoms. The summed E-state index contributed by atoms with van der Waals surface area (Å²) in [4.78, 5) is 11.7. The van der Waals surface area contributed by atoms with E-state index in [1.807, 2.05) is 23.5 Å². The van der Waals surface area contributed by atoms with Crippen molar-refractivity contribution in [2.24, 2.45) is 0 Å². The fourth-order valence-corrected chi connectivity index (χ4v) is 5.94. The summed E-state index contributed by atoms with van der Waals surface area (Å²) in [6.45, 7) is 2.12. The Morgan fingerprint density at radius 1 is 1.31 bits per heavy atom. The van der Waals surface area contributed by atoms with Crippen molar-refractivity contribution in [3.63, 3.8) is 0 Å². The molecule has 1 N–H and O–H groups in total. The second-order valence-corrected chi connectivity index (χ2v) is 7.24. The molecule has 1 fully saturated rings. The Balaban J connectivity index is 2.32. The van der Waals surface area contributed by atoms with E-state index in [4.69, 9.17) is 0 Å². The highest BCUT2D eigenvalue weighted by Crippen LogP contribution is 2.53. The van der Waals surface area contributed by atoms with Gasteiger partial charge in [0.05, 0.1) is 10.7 Å². The molecule has 90 valence electrons. The second-order valence-electron chi connectivity index (χ2n) is 4.20. The average molecular weight is 258 g/mol. The molecule has 0 amide bonds. The summed E-state index contributed by atoms with van der Waals surface area (Å²) in [7, 11) is 0. The van der Waals surface area contributed by atoms with Gasteiger partial charge in [-0.15, -0.1) is 23.5 Å². The van der Waals surface area contributed by atoms with Crippen LogP contribution >= 0.6 is 23.5 Å². The molecule has 0 unspecified atom stereocenters. The van der Waals surface area contributed by atoms with Crippen LogP contribution in [-0.2, 0) is 4.79 Å². The third-order valence-corrected chi connectivity index (χ3v) is 7.04. The number of ketones is 1. The number of aliphatic hydroxyl groups is 1. The fraction of sp³-hybridized carbons (Fsp3) is 0.750. The summed E-state index contributed by atoms with van der Waals surface area (Å²) >= 11 is 3.94. The van der Waals surface area contributed by atoms with Crippen molar-refractivity contribution in [1.29, 1.82) is 0 Å². The SMILES string of the molecule is CCC1(C2=C(CO)C(=O)CC2)SCCCS1. The van der Waals surface area contributed by atoms with Crippen molar-refractivity contribution >= 4 is 29.3 Å². The van der Waals surface area contributed by atoms with Gasteiger partial charge in [-0.1, -0.05) is 6.92 Å². The summed E-state index contributed by atoms with van der Waals surface area (Å²) in [6, 6.07) is 0. The van der Waals surface area contributed by atoms with Crippen LogP contribution in [0.2, 0.25) is 0 Å². The maximum atomic E-state index is 11.7. The highest BCUT2D eigenvalue weighted by atomic mass is 32.2.